The molecule has 0 N–H and O–H groups in total. The van der Waals surface area contributed by atoms with Crippen molar-refractivity contribution in [3.05, 3.63) is 214 Å². The topological polar surface area (TPSA) is 145 Å². The minimum atomic E-state index is -0.168. The molecule has 0 aromatic heterocycles. The third-order valence-corrected chi connectivity index (χ3v) is 19.2. The molecule has 8 aliphatic rings. The third kappa shape index (κ3) is 47.8. The van der Waals surface area contributed by atoms with Crippen LogP contribution in [0.2, 0.25) is 0 Å². The summed E-state index contributed by atoms with van der Waals surface area (Å²) in [5, 5.41) is 13.0. The fraction of sp³-hybridized carbons (Fsp3) is 0.545. The molecule has 0 radical (unpaired) electrons. The Hall–Kier alpha value is 3.18. The van der Waals surface area contributed by atoms with E-state index in [1.807, 2.05) is 315 Å². The van der Waals surface area contributed by atoms with E-state index in [1.54, 1.807) is 6.42 Å². The predicted molar refractivity (Wildman–Crippen MR) is 472 cm³/mol. The molecule has 0 bridgehead atoms. The molecule has 5 aliphatic carbocycles. The third-order valence-electron chi connectivity index (χ3n) is 19.2. The van der Waals surface area contributed by atoms with Crippen molar-refractivity contribution in [2.75, 3.05) is 0 Å². The van der Waals surface area contributed by atoms with E-state index in [1.165, 1.54) is 80.9 Å². The molecular formula is C99H153N3O6Rb6. The van der Waals surface area contributed by atoms with Crippen molar-refractivity contribution >= 4 is 46.4 Å². The maximum absolute atomic E-state index is 12.2. The number of benzene rings is 6. The van der Waals surface area contributed by atoms with Gasteiger partial charge in [0.1, 0.15) is 5.78 Å². The number of para-hydroxylation sites is 2. The fourth-order valence-corrected chi connectivity index (χ4v) is 13.8. The Kier molecular flexibility index (Phi) is 103. The summed E-state index contributed by atoms with van der Waals surface area (Å²) in [6, 6.07) is 48.5. The van der Waals surface area contributed by atoms with Crippen molar-refractivity contribution in [3.63, 3.8) is 0 Å². The number of hydrogen-bond donors (Lipinski definition) is 0. The van der Waals surface area contributed by atoms with Crippen molar-refractivity contribution in [2.24, 2.45) is 41.4 Å². The summed E-state index contributed by atoms with van der Waals surface area (Å²) < 4.78 is 0. The van der Waals surface area contributed by atoms with Crippen LogP contribution in [0.1, 0.15) is 323 Å². The Labute approximate surface area is 995 Å². The van der Waals surface area contributed by atoms with Crippen LogP contribution in [-0.4, -0.2) is 41.1 Å². The largest absolute Gasteiger partial charge is 1.00 e. The first-order valence-electron chi connectivity index (χ1n) is 43.1. The first-order chi connectivity index (χ1) is 52.7. The van der Waals surface area contributed by atoms with Gasteiger partial charge < -0.3 is 57.6 Å². The molecule has 6 aromatic carbocycles. The van der Waals surface area contributed by atoms with Gasteiger partial charge in [0.2, 0.25) is 0 Å². The van der Waals surface area contributed by atoms with E-state index in [4.69, 9.17) is 0 Å². The number of aryl methyl sites for hydroxylation is 1. The first kappa shape index (κ1) is 135. The molecule has 6 aromatic rings. The Morgan fingerprint density at radius 1 is 0.316 bits per heavy atom. The summed E-state index contributed by atoms with van der Waals surface area (Å²) in [5.74, 6) is 3.69. The van der Waals surface area contributed by atoms with Crippen LogP contribution >= 0.6 is 0 Å². The molecule has 114 heavy (non-hydrogen) atoms. The second-order valence-electron chi connectivity index (χ2n) is 25.1. The minimum Gasteiger partial charge on any atom is -0.650 e. The van der Waals surface area contributed by atoms with Crippen molar-refractivity contribution in [2.45, 2.75) is 314 Å². The van der Waals surface area contributed by atoms with Gasteiger partial charge in [0.05, 0.1) is 17.7 Å². The van der Waals surface area contributed by atoms with Crippen molar-refractivity contribution in [1.82, 2.24) is 0 Å². The van der Waals surface area contributed by atoms with Crippen LogP contribution in [-0.2, 0) is 48.0 Å². The molecule has 10 unspecified atom stereocenters. The van der Waals surface area contributed by atoms with E-state index >= 15 is 0 Å². The minimum absolute atomic E-state index is 0. The van der Waals surface area contributed by atoms with Gasteiger partial charge in [-0.15, -0.1) is 48.0 Å². The number of amides is 3. The Morgan fingerprint density at radius 3 is 1.15 bits per heavy atom. The van der Waals surface area contributed by atoms with Crippen LogP contribution in [0.3, 0.4) is 0 Å². The molecule has 14 rings (SSSR count). The summed E-state index contributed by atoms with van der Waals surface area (Å²) in [6.07, 6.45) is 24.2. The van der Waals surface area contributed by atoms with Gasteiger partial charge in [0, 0.05) is 35.2 Å². The van der Waals surface area contributed by atoms with Gasteiger partial charge in [-0.1, -0.05) is 397 Å². The quantitative estimate of drug-likeness (QED) is 0.0841. The summed E-state index contributed by atoms with van der Waals surface area (Å²) in [4.78, 5) is 70.0. The van der Waals surface area contributed by atoms with Gasteiger partial charge >= 0.3 is 349 Å². The van der Waals surface area contributed by atoms with Gasteiger partial charge in [-0.2, -0.15) is 18.1 Å². The Balaban J connectivity index is -0.000000157. The molecule has 15 heteroatoms. The average Bonchev–Trinajstić information content (AvgIpc) is 1.70. The Morgan fingerprint density at radius 2 is 0.675 bits per heavy atom. The number of fused-ring (bicyclic) bond motifs is 11. The monoisotopic (exact) mass is 1990 g/mol. The molecule has 3 amide bonds. The molecular weight excluding hydrogens is 1840 g/mol. The molecule has 1 saturated heterocycles. The van der Waals surface area contributed by atoms with E-state index in [9.17, 15) is 28.8 Å². The molecule has 3 saturated carbocycles. The van der Waals surface area contributed by atoms with E-state index in [0.717, 1.165) is 101 Å². The van der Waals surface area contributed by atoms with E-state index in [-0.39, 0.29) is 408 Å². The van der Waals surface area contributed by atoms with Crippen LogP contribution in [0.15, 0.2) is 146 Å². The molecule has 606 valence electrons. The van der Waals surface area contributed by atoms with Crippen LogP contribution in [0.5, 0.6) is 0 Å². The molecule has 4 fully saturated rings. The van der Waals surface area contributed by atoms with E-state index < -0.39 is 0 Å². The first-order valence-corrected chi connectivity index (χ1v) is 43.1. The SMILES string of the molecule is CC.CC.CC.CC.CC.CC.CC.CC.CC.CC.CC.CC1C(=O)[N-]C2CCCCC2C2CCCCC12.CC1C(=O)[N-]c2ccccc2-c2ccccc21.CC1C(=O)[N-]c2ccccc2-c2ccccc21.CC1CCCC[CH-]C1=O.CC1CCc2ccccc2[CH-]C1=O.CC1Cc2ccccc2C[CH-]C1=O.[Rb+].[Rb+].[Rb+].[Rb+].[Rb+].[Rb+]. The second-order valence-corrected chi connectivity index (χ2v) is 25.1. The number of rotatable bonds is 0. The van der Waals surface area contributed by atoms with Gasteiger partial charge in [-0.3, -0.25) is 0 Å². The van der Waals surface area contributed by atoms with Crippen LogP contribution in [0.25, 0.3) is 38.2 Å². The standard InChI is InChI=1S/C15H25NO.2C15H13NO.2C12H13O.C8H13O.11C2H6.6Rb/c3*1-10-11-6-2-3-7-12(11)13-8-4-5-9-14(13)16-15(10)17;1-9-8-11-5-3-2-4-10(11)6-7-12(9)13;1-9-6-7-10-4-2-3-5-11(10)8-12(9)13;1-7-5-3-2-4-6-8(7)9;11*1-2;;;;;;/h10-14H,2-9H2,1H3,(H,16,17);2*2-10H,1H3,(H,16,17);2-5,7,9H,6,8H2,1H3;2-5,8-9H,6-7H2,1H3;6-7H,2-5H2,1H3;11*1-2H3;;;;;;/q;;;3*-1;;;;;;;;;;;;6*+1/p-3. The van der Waals surface area contributed by atoms with Crippen molar-refractivity contribution < 1.29 is 378 Å². The number of carbonyl (C=O) groups excluding carboxylic acids is 6. The van der Waals surface area contributed by atoms with Gasteiger partial charge in [0.15, 0.2) is 0 Å². The summed E-state index contributed by atoms with van der Waals surface area (Å²) in [6.45, 7) is 56.0. The van der Waals surface area contributed by atoms with Crippen LogP contribution < -0.4 is 349 Å². The zero-order valence-electron chi connectivity index (χ0n) is 79.5. The van der Waals surface area contributed by atoms with Gasteiger partial charge in [-0.05, 0) is 88.3 Å². The zero-order chi connectivity index (χ0) is 82.7. The summed E-state index contributed by atoms with van der Waals surface area (Å²) in [5.41, 5.74) is 13.0. The fourth-order valence-electron chi connectivity index (χ4n) is 13.8. The normalized spacial score (nSPS) is 20.0. The molecule has 3 aliphatic heterocycles. The number of Topliss-reactive ketones (excluding diaryl/α,β-unsaturated/α-hetero) is 3. The number of carbonyl (C=O) groups is 6. The number of ketones is 3. The molecule has 0 spiro atoms. The zero-order valence-corrected chi connectivity index (χ0v) is 109. The average molecular weight is 1990 g/mol. The smallest absolute Gasteiger partial charge is 0.650 e. The maximum Gasteiger partial charge on any atom is 1.00 e. The van der Waals surface area contributed by atoms with Gasteiger partial charge in [-0.25, -0.2) is 0 Å². The second kappa shape index (κ2) is 86.9. The molecule has 9 nitrogen and oxygen atoms in total. The maximum atomic E-state index is 12.2. The van der Waals surface area contributed by atoms with E-state index in [2.05, 4.69) is 53.2 Å². The number of nitrogens with zero attached hydrogens (tertiary/aromatic N) is 3. The van der Waals surface area contributed by atoms with Crippen molar-refractivity contribution in [3.8, 4) is 22.3 Å². The number of hydrogen-bond acceptors (Lipinski definition) is 6. The van der Waals surface area contributed by atoms with Crippen molar-refractivity contribution in [1.29, 1.82) is 0 Å². The summed E-state index contributed by atoms with van der Waals surface area (Å²) >= 11 is 0. The molecule has 10 atom stereocenters. The Bertz CT molecular complexity index is 3260. The van der Waals surface area contributed by atoms with Crippen LogP contribution in [0.4, 0.5) is 11.4 Å². The predicted octanol–water partition coefficient (Wildman–Crippen LogP) is 11.8. The van der Waals surface area contributed by atoms with Crippen LogP contribution in [0, 0.1) is 60.7 Å². The van der Waals surface area contributed by atoms with E-state index in [0.29, 0.717) is 23.7 Å². The molecule has 3 heterocycles. The summed E-state index contributed by atoms with van der Waals surface area (Å²) in [7, 11) is 0. The van der Waals surface area contributed by atoms with Gasteiger partial charge in [0.25, 0.3) is 0 Å².